The maximum absolute atomic E-state index is 12.9. The Morgan fingerprint density at radius 3 is 2.30 bits per heavy atom. The molecule has 33 heavy (non-hydrogen) atoms. The van der Waals surface area contributed by atoms with Gasteiger partial charge in [0.1, 0.15) is 0 Å². The van der Waals surface area contributed by atoms with Crippen molar-refractivity contribution in [2.75, 3.05) is 29.5 Å². The molecule has 1 heterocycles. The van der Waals surface area contributed by atoms with E-state index in [1.165, 1.54) is 17.0 Å². The third-order valence-electron chi connectivity index (χ3n) is 5.40. The van der Waals surface area contributed by atoms with Gasteiger partial charge in [-0.2, -0.15) is 0 Å². The molecule has 3 rings (SSSR count). The van der Waals surface area contributed by atoms with Crippen molar-refractivity contribution in [3.05, 3.63) is 42.5 Å². The lowest BCUT2D eigenvalue weighted by atomic mass is 10.00. The zero-order chi connectivity index (χ0) is 24.3. The van der Waals surface area contributed by atoms with Crippen LogP contribution in [0.3, 0.4) is 0 Å². The molecule has 2 aromatic rings. The maximum Gasteiger partial charge on any atom is 0.411 e. The quantitative estimate of drug-likeness (QED) is 0.565. The normalized spacial score (nSPS) is 16.1. The summed E-state index contributed by atoms with van der Waals surface area (Å²) >= 11 is 0. The number of hydrogen-bond acceptors (Lipinski definition) is 5. The highest BCUT2D eigenvalue weighted by molar-refractivity contribution is 7.89. The molecule has 0 aliphatic carbocycles. The van der Waals surface area contributed by atoms with Gasteiger partial charge in [-0.25, -0.2) is 17.9 Å². The van der Waals surface area contributed by atoms with Gasteiger partial charge in [0.2, 0.25) is 15.9 Å². The van der Waals surface area contributed by atoms with Crippen LogP contribution in [0, 0.1) is 5.92 Å². The second-order valence-electron chi connectivity index (χ2n) is 8.45. The molecule has 3 N–H and O–H groups in total. The minimum Gasteiger partial charge on any atom is -0.465 e. The number of carbonyl (C=O) groups excluding carboxylic acids is 1. The number of fused-ring (bicyclic) bond motifs is 1. The minimum absolute atomic E-state index is 0.0542. The first-order valence-electron chi connectivity index (χ1n) is 10.7. The monoisotopic (exact) mass is 475 g/mol. The van der Waals surface area contributed by atoms with E-state index in [9.17, 15) is 23.1 Å². The number of aliphatic hydroxyl groups excluding tert-OH is 1. The molecule has 0 radical (unpaired) electrons. The van der Waals surface area contributed by atoms with Crippen molar-refractivity contribution in [1.29, 1.82) is 0 Å². The molecule has 0 spiro atoms. The van der Waals surface area contributed by atoms with E-state index in [2.05, 4.69) is 4.72 Å². The summed E-state index contributed by atoms with van der Waals surface area (Å²) in [6, 6.07) is 11.1. The number of carbonyl (C=O) groups is 2. The topological polar surface area (TPSA) is 127 Å². The van der Waals surface area contributed by atoms with E-state index in [0.29, 0.717) is 28.9 Å². The number of nitrogens with one attached hydrogen (secondary N) is 1. The van der Waals surface area contributed by atoms with Gasteiger partial charge >= 0.3 is 6.09 Å². The van der Waals surface area contributed by atoms with Crippen LogP contribution >= 0.6 is 0 Å². The van der Waals surface area contributed by atoms with Gasteiger partial charge < -0.3 is 15.1 Å². The van der Waals surface area contributed by atoms with Crippen LogP contribution in [0.25, 0.3) is 11.1 Å². The molecule has 0 fully saturated rings. The number of carboxylic acid groups (broad SMARTS) is 1. The van der Waals surface area contributed by atoms with Gasteiger partial charge in [-0.05, 0) is 48.2 Å². The number of sulfonamides is 1. The summed E-state index contributed by atoms with van der Waals surface area (Å²) in [6.07, 6.45) is -0.744. The van der Waals surface area contributed by atoms with Crippen LogP contribution in [0.5, 0.6) is 0 Å². The van der Waals surface area contributed by atoms with Crippen LogP contribution in [0.4, 0.5) is 16.2 Å². The number of hydrogen-bond donors (Lipinski definition) is 3. The Labute approximate surface area is 193 Å². The third-order valence-corrected chi connectivity index (χ3v) is 6.87. The lowest BCUT2D eigenvalue weighted by molar-refractivity contribution is -0.119. The zero-order valence-corrected chi connectivity index (χ0v) is 19.7. The lowest BCUT2D eigenvalue weighted by Gasteiger charge is -2.40. The summed E-state index contributed by atoms with van der Waals surface area (Å²) in [5.41, 5.74) is 2.34. The molecule has 0 bridgehead atoms. The van der Waals surface area contributed by atoms with Crippen LogP contribution in [0.1, 0.15) is 27.2 Å². The Morgan fingerprint density at radius 2 is 1.73 bits per heavy atom. The number of rotatable bonds is 7. The first kappa shape index (κ1) is 24.7. The van der Waals surface area contributed by atoms with Crippen LogP contribution in [-0.2, 0) is 14.8 Å². The Bertz CT molecular complexity index is 1130. The number of aliphatic hydroxyl groups is 1. The predicted molar refractivity (Wildman–Crippen MR) is 126 cm³/mol. The second kappa shape index (κ2) is 9.90. The van der Waals surface area contributed by atoms with Crippen molar-refractivity contribution in [1.82, 2.24) is 4.72 Å². The summed E-state index contributed by atoms with van der Waals surface area (Å²) < 4.78 is 26.7. The fourth-order valence-corrected chi connectivity index (χ4v) is 4.92. The average molecular weight is 476 g/mol. The van der Waals surface area contributed by atoms with E-state index in [0.717, 1.165) is 0 Å². The van der Waals surface area contributed by atoms with E-state index in [-0.39, 0.29) is 42.5 Å². The molecule has 10 heteroatoms. The molecule has 1 aliphatic heterocycles. The molecule has 2 amide bonds. The van der Waals surface area contributed by atoms with Gasteiger partial charge in [-0.1, -0.05) is 32.0 Å². The summed E-state index contributed by atoms with van der Waals surface area (Å²) in [6.45, 7) is 5.52. The molecule has 0 saturated carbocycles. The van der Waals surface area contributed by atoms with Crippen LogP contribution in [-0.4, -0.2) is 56.4 Å². The molecular formula is C23H29N3O6S. The fraction of sp³-hybridized carbons (Fsp3) is 0.391. The average Bonchev–Trinajstić information content (AvgIpc) is 2.76. The SMILES string of the molecule is CC(C)CC(=O)N1c2ccc(-c3ccc(S(=O)(=O)NCCO)cc3)cc2N(C(=O)O)C[C@@H]1C. The van der Waals surface area contributed by atoms with Crippen molar-refractivity contribution in [2.24, 2.45) is 5.92 Å². The number of anilines is 2. The van der Waals surface area contributed by atoms with Crippen molar-refractivity contribution < 1.29 is 28.2 Å². The lowest BCUT2D eigenvalue weighted by Crippen LogP contribution is -2.51. The summed E-state index contributed by atoms with van der Waals surface area (Å²) in [5, 5.41) is 18.6. The summed E-state index contributed by atoms with van der Waals surface area (Å²) in [5.74, 6) is 0.119. The summed E-state index contributed by atoms with van der Waals surface area (Å²) in [7, 11) is -3.73. The third kappa shape index (κ3) is 5.35. The molecule has 178 valence electrons. The molecule has 0 saturated heterocycles. The molecular weight excluding hydrogens is 446 g/mol. The zero-order valence-electron chi connectivity index (χ0n) is 18.9. The maximum atomic E-state index is 12.9. The van der Waals surface area contributed by atoms with Gasteiger partial charge in [-0.15, -0.1) is 0 Å². The van der Waals surface area contributed by atoms with Crippen LogP contribution in [0.2, 0.25) is 0 Å². The first-order valence-corrected chi connectivity index (χ1v) is 12.2. The minimum atomic E-state index is -3.73. The van der Waals surface area contributed by atoms with Gasteiger partial charge in [0, 0.05) is 19.5 Å². The molecule has 1 aliphatic rings. The van der Waals surface area contributed by atoms with Gasteiger partial charge in [-0.3, -0.25) is 9.69 Å². The molecule has 0 aromatic heterocycles. The van der Waals surface area contributed by atoms with E-state index in [4.69, 9.17) is 5.11 Å². The fourth-order valence-electron chi connectivity index (χ4n) is 3.90. The standard InChI is InChI=1S/C23H29N3O6S/c1-15(2)12-22(28)26-16(3)14-25(23(29)30)21-13-18(6-9-20(21)26)17-4-7-19(8-5-17)33(31,32)24-10-11-27/h4-9,13,15-16,24,27H,10-12,14H2,1-3H3,(H,29,30)/t16-/m0/s1. The Kier molecular flexibility index (Phi) is 7.41. The molecule has 2 aromatic carbocycles. The van der Waals surface area contributed by atoms with E-state index in [1.54, 1.807) is 35.2 Å². The van der Waals surface area contributed by atoms with Gasteiger partial charge in [0.15, 0.2) is 0 Å². The largest absolute Gasteiger partial charge is 0.465 e. The predicted octanol–water partition coefficient (Wildman–Crippen LogP) is 2.89. The van der Waals surface area contributed by atoms with Gasteiger partial charge in [0.25, 0.3) is 0 Å². The molecule has 0 unspecified atom stereocenters. The van der Waals surface area contributed by atoms with Crippen LogP contribution in [0.15, 0.2) is 47.4 Å². The number of benzene rings is 2. The number of amides is 2. The second-order valence-corrected chi connectivity index (χ2v) is 10.2. The van der Waals surface area contributed by atoms with Crippen molar-refractivity contribution in [2.45, 2.75) is 38.1 Å². The Balaban J connectivity index is 1.99. The van der Waals surface area contributed by atoms with E-state index in [1.807, 2.05) is 20.8 Å². The van der Waals surface area contributed by atoms with Crippen molar-refractivity contribution in [3.8, 4) is 11.1 Å². The first-order chi connectivity index (χ1) is 15.5. The highest BCUT2D eigenvalue weighted by Crippen LogP contribution is 2.39. The van der Waals surface area contributed by atoms with Crippen LogP contribution < -0.4 is 14.5 Å². The van der Waals surface area contributed by atoms with Gasteiger partial charge in [0.05, 0.1) is 28.9 Å². The van der Waals surface area contributed by atoms with E-state index < -0.39 is 16.1 Å². The Hall–Kier alpha value is -2.95. The summed E-state index contributed by atoms with van der Waals surface area (Å²) in [4.78, 5) is 27.8. The smallest absolute Gasteiger partial charge is 0.411 e. The number of nitrogens with zero attached hydrogens (tertiary/aromatic N) is 2. The molecule has 1 atom stereocenters. The van der Waals surface area contributed by atoms with Crippen molar-refractivity contribution in [3.63, 3.8) is 0 Å². The Morgan fingerprint density at radius 1 is 1.09 bits per heavy atom. The highest BCUT2D eigenvalue weighted by atomic mass is 32.2. The molecule has 9 nitrogen and oxygen atoms in total. The van der Waals surface area contributed by atoms with Crippen molar-refractivity contribution >= 4 is 33.4 Å². The van der Waals surface area contributed by atoms with E-state index >= 15 is 0 Å². The highest BCUT2D eigenvalue weighted by Gasteiger charge is 2.35.